The highest BCUT2D eigenvalue weighted by atomic mass is 16.4. The second kappa shape index (κ2) is 8.26. The third kappa shape index (κ3) is 6.57. The molecule has 1 aromatic carbocycles. The molecule has 5 heteroatoms. The molecule has 0 radical (unpaired) electrons. The van der Waals surface area contributed by atoms with Gasteiger partial charge in [-0.05, 0) is 30.7 Å². The lowest BCUT2D eigenvalue weighted by molar-refractivity contribution is -0.137. The summed E-state index contributed by atoms with van der Waals surface area (Å²) >= 11 is 0. The van der Waals surface area contributed by atoms with Gasteiger partial charge < -0.3 is 15.7 Å². The van der Waals surface area contributed by atoms with E-state index in [2.05, 4.69) is 10.6 Å². The maximum Gasteiger partial charge on any atom is 0.303 e. The minimum atomic E-state index is -0.805. The zero-order valence-corrected chi connectivity index (χ0v) is 11.1. The molecule has 0 unspecified atom stereocenters. The van der Waals surface area contributed by atoms with Gasteiger partial charge in [-0.25, -0.2) is 0 Å². The van der Waals surface area contributed by atoms with Crippen LogP contribution in [0.1, 0.15) is 25.3 Å². The molecule has 0 aliphatic rings. The molecule has 0 atom stereocenters. The Morgan fingerprint density at radius 3 is 2.42 bits per heavy atom. The van der Waals surface area contributed by atoms with Gasteiger partial charge in [0, 0.05) is 25.1 Å². The van der Waals surface area contributed by atoms with Crippen molar-refractivity contribution in [1.29, 1.82) is 0 Å². The van der Waals surface area contributed by atoms with Crippen molar-refractivity contribution in [3.8, 4) is 0 Å². The van der Waals surface area contributed by atoms with E-state index in [1.54, 1.807) is 12.1 Å². The first-order valence-corrected chi connectivity index (χ1v) is 6.43. The number of amides is 1. The Morgan fingerprint density at radius 2 is 1.84 bits per heavy atom. The first-order valence-electron chi connectivity index (χ1n) is 6.43. The van der Waals surface area contributed by atoms with Gasteiger partial charge in [-0.2, -0.15) is 0 Å². The smallest absolute Gasteiger partial charge is 0.303 e. The molecule has 0 spiro atoms. The lowest BCUT2D eigenvalue weighted by atomic mass is 10.1. The Labute approximate surface area is 113 Å². The Bertz CT molecular complexity index is 415. The normalized spacial score (nSPS) is 10.2. The molecular weight excluding hydrogens is 244 g/mol. The number of rotatable bonds is 8. The van der Waals surface area contributed by atoms with Gasteiger partial charge in [0.25, 0.3) is 0 Å². The number of carbonyl (C=O) groups is 2. The first-order chi connectivity index (χ1) is 9.11. The number of carboxylic acids is 1. The summed E-state index contributed by atoms with van der Waals surface area (Å²) in [6, 6.07) is 7.26. The lowest BCUT2D eigenvalue weighted by Crippen LogP contribution is -2.21. The van der Waals surface area contributed by atoms with Crippen LogP contribution in [0.15, 0.2) is 24.3 Å². The number of hydrogen-bond donors (Lipinski definition) is 3. The maximum atomic E-state index is 11.6. The molecule has 0 aliphatic heterocycles. The van der Waals surface area contributed by atoms with E-state index in [0.717, 1.165) is 17.8 Å². The molecule has 0 heterocycles. The largest absolute Gasteiger partial charge is 0.481 e. The molecule has 5 nitrogen and oxygen atoms in total. The second-order valence-electron chi connectivity index (χ2n) is 4.24. The molecule has 0 bridgehead atoms. The van der Waals surface area contributed by atoms with E-state index >= 15 is 0 Å². The number of aliphatic carboxylic acids is 1. The highest BCUT2D eigenvalue weighted by Gasteiger charge is 2.03. The summed E-state index contributed by atoms with van der Waals surface area (Å²) in [5.74, 6) is -0.833. The van der Waals surface area contributed by atoms with Crippen molar-refractivity contribution in [2.75, 3.05) is 18.4 Å². The van der Waals surface area contributed by atoms with Crippen LogP contribution >= 0.6 is 0 Å². The van der Waals surface area contributed by atoms with Crippen molar-refractivity contribution in [2.24, 2.45) is 0 Å². The van der Waals surface area contributed by atoms with Crippen LogP contribution in [0, 0.1) is 0 Å². The third-order valence-corrected chi connectivity index (χ3v) is 2.64. The standard InChI is InChI=1S/C14H20N2O3/c1-2-15-10-9-13(17)16-12-6-3-11(4-7-12)5-8-14(18)19/h3-4,6-7,15H,2,5,8-10H2,1H3,(H,16,17)(H,18,19). The van der Waals surface area contributed by atoms with Gasteiger partial charge in [-0.15, -0.1) is 0 Å². The van der Waals surface area contributed by atoms with Gasteiger partial charge in [0.05, 0.1) is 0 Å². The molecule has 0 aliphatic carbocycles. The molecule has 1 amide bonds. The second-order valence-corrected chi connectivity index (χ2v) is 4.24. The third-order valence-electron chi connectivity index (χ3n) is 2.64. The summed E-state index contributed by atoms with van der Waals surface area (Å²) in [6.45, 7) is 3.51. The van der Waals surface area contributed by atoms with Crippen LogP contribution in [0.4, 0.5) is 5.69 Å². The van der Waals surface area contributed by atoms with Crippen molar-refractivity contribution in [3.63, 3.8) is 0 Å². The lowest BCUT2D eigenvalue weighted by Gasteiger charge is -2.06. The molecular formula is C14H20N2O3. The Balaban J connectivity index is 2.39. The average molecular weight is 264 g/mol. The number of carbonyl (C=O) groups excluding carboxylic acids is 1. The van der Waals surface area contributed by atoms with E-state index in [1.165, 1.54) is 0 Å². The molecule has 1 aromatic rings. The molecule has 3 N–H and O–H groups in total. The molecule has 104 valence electrons. The molecule has 0 saturated heterocycles. The van der Waals surface area contributed by atoms with E-state index in [4.69, 9.17) is 5.11 Å². The summed E-state index contributed by atoms with van der Waals surface area (Å²) in [5.41, 5.74) is 1.69. The minimum Gasteiger partial charge on any atom is -0.481 e. The molecule has 19 heavy (non-hydrogen) atoms. The van der Waals surface area contributed by atoms with Gasteiger partial charge in [-0.3, -0.25) is 9.59 Å². The number of anilines is 1. The Hall–Kier alpha value is -1.88. The molecule has 0 fully saturated rings. The monoisotopic (exact) mass is 264 g/mol. The zero-order valence-electron chi connectivity index (χ0n) is 11.1. The van der Waals surface area contributed by atoms with Crippen LogP contribution in [-0.2, 0) is 16.0 Å². The number of benzene rings is 1. The fourth-order valence-corrected chi connectivity index (χ4v) is 1.61. The highest BCUT2D eigenvalue weighted by molar-refractivity contribution is 5.90. The predicted octanol–water partition coefficient (Wildman–Crippen LogP) is 1.64. The van der Waals surface area contributed by atoms with Crippen LogP contribution in [-0.4, -0.2) is 30.1 Å². The van der Waals surface area contributed by atoms with Crippen LogP contribution < -0.4 is 10.6 Å². The van der Waals surface area contributed by atoms with E-state index < -0.39 is 5.97 Å². The maximum absolute atomic E-state index is 11.6. The fourth-order valence-electron chi connectivity index (χ4n) is 1.61. The van der Waals surface area contributed by atoms with Crippen molar-refractivity contribution < 1.29 is 14.7 Å². The first kappa shape index (κ1) is 15.2. The van der Waals surface area contributed by atoms with Crippen molar-refractivity contribution in [3.05, 3.63) is 29.8 Å². The number of nitrogens with one attached hydrogen (secondary N) is 2. The fraction of sp³-hybridized carbons (Fsp3) is 0.429. The summed E-state index contributed by atoms with van der Waals surface area (Å²) in [6.07, 6.45) is 1.06. The van der Waals surface area contributed by atoms with Crippen LogP contribution in [0.5, 0.6) is 0 Å². The average Bonchev–Trinajstić information content (AvgIpc) is 2.38. The van der Waals surface area contributed by atoms with Gasteiger partial charge in [0.2, 0.25) is 5.91 Å². The predicted molar refractivity (Wildman–Crippen MR) is 74.2 cm³/mol. The molecule has 0 aromatic heterocycles. The van der Waals surface area contributed by atoms with Crippen molar-refractivity contribution >= 4 is 17.6 Å². The van der Waals surface area contributed by atoms with Gasteiger partial charge in [0.15, 0.2) is 0 Å². The highest BCUT2D eigenvalue weighted by Crippen LogP contribution is 2.11. The zero-order chi connectivity index (χ0) is 14.1. The van der Waals surface area contributed by atoms with Crippen molar-refractivity contribution in [2.45, 2.75) is 26.2 Å². The van der Waals surface area contributed by atoms with Crippen molar-refractivity contribution in [1.82, 2.24) is 5.32 Å². The molecule has 0 saturated carbocycles. The molecule has 1 rings (SSSR count). The summed E-state index contributed by atoms with van der Waals surface area (Å²) in [7, 11) is 0. The van der Waals surface area contributed by atoms with E-state index in [-0.39, 0.29) is 12.3 Å². The number of hydrogen-bond acceptors (Lipinski definition) is 3. The SMILES string of the molecule is CCNCCC(=O)Nc1ccc(CCC(=O)O)cc1. The quantitative estimate of drug-likeness (QED) is 0.624. The van der Waals surface area contributed by atoms with Crippen LogP contribution in [0.2, 0.25) is 0 Å². The minimum absolute atomic E-state index is 0.0285. The van der Waals surface area contributed by atoms with Gasteiger partial charge in [-0.1, -0.05) is 19.1 Å². The Morgan fingerprint density at radius 1 is 1.16 bits per heavy atom. The number of carboxylic acid groups (broad SMARTS) is 1. The van der Waals surface area contributed by atoms with E-state index in [1.807, 2.05) is 19.1 Å². The Kier molecular flexibility index (Phi) is 6.60. The van der Waals surface area contributed by atoms with E-state index in [9.17, 15) is 9.59 Å². The topological polar surface area (TPSA) is 78.4 Å². The summed E-state index contributed by atoms with van der Waals surface area (Å²) in [4.78, 5) is 22.0. The number of aryl methyl sites for hydroxylation is 1. The van der Waals surface area contributed by atoms with Gasteiger partial charge >= 0.3 is 5.97 Å². The van der Waals surface area contributed by atoms with E-state index in [0.29, 0.717) is 19.4 Å². The summed E-state index contributed by atoms with van der Waals surface area (Å²) in [5, 5.41) is 14.5. The summed E-state index contributed by atoms with van der Waals surface area (Å²) < 4.78 is 0. The van der Waals surface area contributed by atoms with Crippen LogP contribution in [0.3, 0.4) is 0 Å². The van der Waals surface area contributed by atoms with Gasteiger partial charge in [0.1, 0.15) is 0 Å². The van der Waals surface area contributed by atoms with Crippen LogP contribution in [0.25, 0.3) is 0 Å².